The third-order valence-electron chi connectivity index (χ3n) is 2.72. The van der Waals surface area contributed by atoms with E-state index in [2.05, 4.69) is 5.48 Å². The summed E-state index contributed by atoms with van der Waals surface area (Å²) in [6.07, 6.45) is 1.88. The molecule has 0 saturated carbocycles. The Morgan fingerprint density at radius 1 is 1.71 bits per heavy atom. The van der Waals surface area contributed by atoms with Gasteiger partial charge in [0.15, 0.2) is 0 Å². The van der Waals surface area contributed by atoms with E-state index in [1.54, 1.807) is 0 Å². The van der Waals surface area contributed by atoms with E-state index in [9.17, 15) is 9.59 Å². The van der Waals surface area contributed by atoms with Crippen LogP contribution in [0.2, 0.25) is 0 Å². The minimum Gasteiger partial charge on any atom is -0.477 e. The van der Waals surface area contributed by atoms with Gasteiger partial charge in [0.25, 0.3) is 0 Å². The third kappa shape index (κ3) is 2.31. The molecule has 0 unspecified atom stereocenters. The second-order valence-corrected chi connectivity index (χ2v) is 5.09. The fourth-order valence-corrected chi connectivity index (χ4v) is 3.37. The summed E-state index contributed by atoms with van der Waals surface area (Å²) in [4.78, 5) is 29.4. The summed E-state index contributed by atoms with van der Waals surface area (Å²) < 4.78 is 0. The molecule has 2 aliphatic heterocycles. The van der Waals surface area contributed by atoms with Crippen molar-refractivity contribution in [2.45, 2.75) is 24.6 Å². The zero-order chi connectivity index (χ0) is 12.4. The summed E-state index contributed by atoms with van der Waals surface area (Å²) in [7, 11) is 1.54. The number of rotatable bonds is 6. The van der Waals surface area contributed by atoms with Gasteiger partial charge in [0.05, 0.1) is 18.9 Å². The molecule has 1 fully saturated rings. The molecule has 2 heterocycles. The van der Waals surface area contributed by atoms with Gasteiger partial charge in [-0.1, -0.05) is 0 Å². The van der Waals surface area contributed by atoms with Crippen molar-refractivity contribution in [3.8, 4) is 0 Å². The number of carbonyl (C=O) groups is 2. The molecule has 1 amide bonds. The summed E-state index contributed by atoms with van der Waals surface area (Å²) in [5.74, 6) is -1.10. The smallest absolute Gasteiger partial charge is 0.353 e. The third-order valence-corrected chi connectivity index (χ3v) is 4.05. The number of nitrogens with zero attached hydrogens (tertiary/aromatic N) is 1. The Kier molecular flexibility index (Phi) is 3.70. The normalized spacial score (nSPS) is 22.8. The van der Waals surface area contributed by atoms with Gasteiger partial charge in [-0.2, -0.15) is 0 Å². The van der Waals surface area contributed by atoms with Crippen LogP contribution in [-0.4, -0.2) is 40.9 Å². The summed E-state index contributed by atoms with van der Waals surface area (Å²) in [6, 6.07) is 0. The number of β-lactam (4-membered cyclic amide) rings is 1. The number of hydrogen-bond acceptors (Lipinski definition) is 5. The number of carbonyl (C=O) groups excluding carboxylic acids is 1. The van der Waals surface area contributed by atoms with Crippen LogP contribution < -0.4 is 5.48 Å². The lowest BCUT2D eigenvalue weighted by Crippen LogP contribution is -2.48. The predicted molar refractivity (Wildman–Crippen MR) is 61.7 cm³/mol. The van der Waals surface area contributed by atoms with Crippen LogP contribution in [0.25, 0.3) is 0 Å². The highest BCUT2D eigenvalue weighted by atomic mass is 32.2. The number of fused-ring (bicyclic) bond motifs is 1. The Bertz CT molecular complexity index is 383. The minimum atomic E-state index is -1.01. The van der Waals surface area contributed by atoms with Crippen molar-refractivity contribution in [1.29, 1.82) is 0 Å². The quantitative estimate of drug-likeness (QED) is 0.411. The highest BCUT2D eigenvalue weighted by Crippen LogP contribution is 2.47. The van der Waals surface area contributed by atoms with Gasteiger partial charge in [0, 0.05) is 11.4 Å². The molecule has 2 aliphatic rings. The fourth-order valence-electron chi connectivity index (χ4n) is 1.93. The molecule has 2 N–H and O–H groups in total. The molecule has 1 saturated heterocycles. The van der Waals surface area contributed by atoms with Crippen molar-refractivity contribution in [2.75, 3.05) is 13.7 Å². The SMILES string of the molecule is CONCCCC1=C(C(=O)O)N2C(=O)C[C@H]2S1. The summed E-state index contributed by atoms with van der Waals surface area (Å²) in [5.41, 5.74) is 2.88. The highest BCUT2D eigenvalue weighted by molar-refractivity contribution is 8.04. The predicted octanol–water partition coefficient (Wildman–Crippen LogP) is 0.519. The van der Waals surface area contributed by atoms with E-state index in [-0.39, 0.29) is 17.0 Å². The molecule has 0 aliphatic carbocycles. The molecule has 0 radical (unpaired) electrons. The number of allylic oxidation sites excluding steroid dienone is 1. The summed E-state index contributed by atoms with van der Waals surface area (Å²) in [5, 5.41) is 9.13. The van der Waals surface area contributed by atoms with Gasteiger partial charge in [-0.25, -0.2) is 10.3 Å². The molecule has 17 heavy (non-hydrogen) atoms. The van der Waals surface area contributed by atoms with E-state index in [1.165, 1.54) is 23.8 Å². The van der Waals surface area contributed by atoms with E-state index in [0.29, 0.717) is 19.4 Å². The first kappa shape index (κ1) is 12.4. The summed E-state index contributed by atoms with van der Waals surface area (Å²) >= 11 is 1.49. The first-order chi connectivity index (χ1) is 8.15. The van der Waals surface area contributed by atoms with Gasteiger partial charge in [-0.05, 0) is 12.8 Å². The topological polar surface area (TPSA) is 78.9 Å². The number of thioether (sulfide) groups is 1. The number of hydrogen-bond donors (Lipinski definition) is 2. The molecular formula is C10H14N2O4S. The van der Waals surface area contributed by atoms with Crippen molar-refractivity contribution in [2.24, 2.45) is 0 Å². The number of carboxylic acids is 1. The molecule has 0 aromatic carbocycles. The largest absolute Gasteiger partial charge is 0.477 e. The van der Waals surface area contributed by atoms with Crippen LogP contribution in [-0.2, 0) is 14.4 Å². The van der Waals surface area contributed by atoms with Crippen molar-refractivity contribution < 1.29 is 19.5 Å². The van der Waals surface area contributed by atoms with Gasteiger partial charge < -0.3 is 9.94 Å². The molecular weight excluding hydrogens is 244 g/mol. The zero-order valence-electron chi connectivity index (χ0n) is 9.43. The fraction of sp³-hybridized carbons (Fsp3) is 0.600. The van der Waals surface area contributed by atoms with Crippen LogP contribution in [0.4, 0.5) is 0 Å². The van der Waals surface area contributed by atoms with Crippen LogP contribution in [0, 0.1) is 0 Å². The lowest BCUT2D eigenvalue weighted by Gasteiger charge is -2.33. The Labute approximate surface area is 103 Å². The lowest BCUT2D eigenvalue weighted by molar-refractivity contribution is -0.145. The maximum absolute atomic E-state index is 11.3. The number of amides is 1. The van der Waals surface area contributed by atoms with Crippen molar-refractivity contribution in [1.82, 2.24) is 10.4 Å². The van der Waals surface area contributed by atoms with Crippen molar-refractivity contribution >= 4 is 23.6 Å². The van der Waals surface area contributed by atoms with Crippen LogP contribution in [0.1, 0.15) is 19.3 Å². The molecule has 2 rings (SSSR count). The van der Waals surface area contributed by atoms with E-state index in [1.807, 2.05) is 0 Å². The Morgan fingerprint density at radius 3 is 3.06 bits per heavy atom. The van der Waals surface area contributed by atoms with E-state index in [0.717, 1.165) is 11.3 Å². The van der Waals surface area contributed by atoms with Crippen LogP contribution in [0.3, 0.4) is 0 Å². The number of hydroxylamine groups is 1. The van der Waals surface area contributed by atoms with Crippen LogP contribution in [0.5, 0.6) is 0 Å². The standard InChI is InChI=1S/C10H14N2O4S/c1-16-11-4-2-3-6-9(10(14)15)12-7(13)5-8(12)17-6/h8,11H,2-5H2,1H3,(H,14,15)/t8-/m1/s1. The van der Waals surface area contributed by atoms with Gasteiger partial charge in [0.2, 0.25) is 5.91 Å². The molecule has 0 spiro atoms. The van der Waals surface area contributed by atoms with Gasteiger partial charge in [-0.15, -0.1) is 11.8 Å². The van der Waals surface area contributed by atoms with Crippen LogP contribution >= 0.6 is 11.8 Å². The second-order valence-electron chi connectivity index (χ2n) is 3.82. The van der Waals surface area contributed by atoms with Gasteiger partial charge >= 0.3 is 5.97 Å². The molecule has 7 heteroatoms. The van der Waals surface area contributed by atoms with Crippen LogP contribution in [0.15, 0.2) is 10.6 Å². The van der Waals surface area contributed by atoms with E-state index >= 15 is 0 Å². The zero-order valence-corrected chi connectivity index (χ0v) is 10.2. The maximum atomic E-state index is 11.3. The monoisotopic (exact) mass is 258 g/mol. The molecule has 0 aromatic heterocycles. The number of aliphatic carboxylic acids is 1. The Balaban J connectivity index is 1.99. The number of carboxylic acid groups (broad SMARTS) is 1. The number of nitrogens with one attached hydrogen (secondary N) is 1. The highest BCUT2D eigenvalue weighted by Gasteiger charge is 2.47. The van der Waals surface area contributed by atoms with Crippen molar-refractivity contribution in [3.63, 3.8) is 0 Å². The Hall–Kier alpha value is -1.05. The minimum absolute atomic E-state index is 0.0129. The summed E-state index contributed by atoms with van der Waals surface area (Å²) in [6.45, 7) is 0.659. The van der Waals surface area contributed by atoms with E-state index < -0.39 is 5.97 Å². The molecule has 0 bridgehead atoms. The molecule has 0 aromatic rings. The average Bonchev–Trinajstić information content (AvgIpc) is 2.57. The first-order valence-corrected chi connectivity index (χ1v) is 6.24. The Morgan fingerprint density at radius 2 is 2.47 bits per heavy atom. The lowest BCUT2D eigenvalue weighted by atomic mass is 10.1. The average molecular weight is 258 g/mol. The maximum Gasteiger partial charge on any atom is 0.353 e. The van der Waals surface area contributed by atoms with Gasteiger partial charge in [0.1, 0.15) is 5.70 Å². The second kappa shape index (κ2) is 5.07. The van der Waals surface area contributed by atoms with Gasteiger partial charge in [-0.3, -0.25) is 9.69 Å². The molecule has 6 nitrogen and oxygen atoms in total. The first-order valence-electron chi connectivity index (χ1n) is 5.36. The molecule has 1 atom stereocenters. The molecule has 94 valence electrons. The van der Waals surface area contributed by atoms with E-state index in [4.69, 9.17) is 9.94 Å². The van der Waals surface area contributed by atoms with Crippen molar-refractivity contribution in [3.05, 3.63) is 10.6 Å².